The Balaban J connectivity index is 2.54. The molecule has 0 aliphatic carbocycles. The average Bonchev–Trinajstić information content (AvgIpc) is 2.09. The molecule has 1 amide bonds. The van der Waals surface area contributed by atoms with Crippen molar-refractivity contribution in [1.82, 2.24) is 5.48 Å². The molecule has 0 unspecified atom stereocenters. The summed E-state index contributed by atoms with van der Waals surface area (Å²) in [5.74, 6) is 0.406. The maximum atomic E-state index is 10.8. The summed E-state index contributed by atoms with van der Waals surface area (Å²) in [6, 6.07) is 6.44. The minimum Gasteiger partial charge on any atom is -0.409 e. The minimum atomic E-state index is -0.674. The molecule has 0 fully saturated rings. The highest BCUT2D eigenvalue weighted by atomic mass is 16.7. The number of carbonyl (C=O) groups is 1. The van der Waals surface area contributed by atoms with Gasteiger partial charge in [0.1, 0.15) is 5.75 Å². The third-order valence-electron chi connectivity index (χ3n) is 1.28. The van der Waals surface area contributed by atoms with E-state index in [2.05, 4.69) is 4.84 Å². The van der Waals surface area contributed by atoms with Gasteiger partial charge in [-0.3, -0.25) is 4.84 Å². The number of ether oxygens (including phenoxy) is 1. The lowest BCUT2D eigenvalue weighted by Crippen LogP contribution is -2.25. The first-order chi connectivity index (χ1) is 6.22. The van der Waals surface area contributed by atoms with E-state index in [1.165, 1.54) is 7.11 Å². The number of carbonyl (C=O) groups excluding carboxylic acids is 1. The molecule has 0 spiro atoms. The zero-order chi connectivity index (χ0) is 9.68. The number of hydrogen-bond acceptors (Lipinski definition) is 4. The van der Waals surface area contributed by atoms with Gasteiger partial charge in [0, 0.05) is 5.69 Å². The molecule has 0 aromatic heterocycles. The first-order valence-electron chi connectivity index (χ1n) is 3.58. The zero-order valence-corrected chi connectivity index (χ0v) is 7.11. The van der Waals surface area contributed by atoms with Gasteiger partial charge in [-0.2, -0.15) is 5.48 Å². The van der Waals surface area contributed by atoms with Crippen LogP contribution in [-0.4, -0.2) is 13.2 Å². The standard InChI is InChI=1S/C8H10N2O3/c1-12-10-8(11)13-7-4-2-6(9)3-5-7/h2-5H,9H2,1H3,(H,10,11). The molecule has 0 saturated heterocycles. The van der Waals surface area contributed by atoms with Crippen molar-refractivity contribution in [2.75, 3.05) is 12.8 Å². The van der Waals surface area contributed by atoms with Crippen LogP contribution in [0.15, 0.2) is 24.3 Å². The topological polar surface area (TPSA) is 73.6 Å². The van der Waals surface area contributed by atoms with E-state index in [1.807, 2.05) is 5.48 Å². The van der Waals surface area contributed by atoms with Crippen LogP contribution in [0.2, 0.25) is 0 Å². The summed E-state index contributed by atoms with van der Waals surface area (Å²) in [5, 5.41) is 0. The van der Waals surface area contributed by atoms with Crippen LogP contribution in [0.1, 0.15) is 0 Å². The molecule has 5 heteroatoms. The fourth-order valence-electron chi connectivity index (χ4n) is 0.747. The number of benzene rings is 1. The molecule has 70 valence electrons. The van der Waals surface area contributed by atoms with Gasteiger partial charge >= 0.3 is 6.09 Å². The van der Waals surface area contributed by atoms with Crippen molar-refractivity contribution in [2.24, 2.45) is 0 Å². The SMILES string of the molecule is CONC(=O)Oc1ccc(N)cc1. The molecular formula is C8H10N2O3. The van der Waals surface area contributed by atoms with Crippen molar-refractivity contribution in [3.63, 3.8) is 0 Å². The Morgan fingerprint density at radius 3 is 2.54 bits per heavy atom. The van der Waals surface area contributed by atoms with Crippen LogP contribution in [0.4, 0.5) is 10.5 Å². The minimum absolute atomic E-state index is 0.406. The number of nitrogens with one attached hydrogen (secondary N) is 1. The Kier molecular flexibility index (Phi) is 3.10. The number of hydroxylamine groups is 1. The van der Waals surface area contributed by atoms with Crippen LogP contribution < -0.4 is 16.0 Å². The quantitative estimate of drug-likeness (QED) is 0.526. The largest absolute Gasteiger partial charge is 0.436 e. The Bertz CT molecular complexity index is 284. The normalized spacial score (nSPS) is 9.31. The summed E-state index contributed by atoms with van der Waals surface area (Å²) in [4.78, 5) is 15.2. The lowest BCUT2D eigenvalue weighted by atomic mass is 10.3. The summed E-state index contributed by atoms with van der Waals surface area (Å²) in [6.07, 6.45) is -0.674. The number of hydrogen-bond donors (Lipinski definition) is 2. The summed E-state index contributed by atoms with van der Waals surface area (Å²) in [5.41, 5.74) is 8.06. The maximum absolute atomic E-state index is 10.8. The number of amides is 1. The van der Waals surface area contributed by atoms with E-state index in [-0.39, 0.29) is 0 Å². The zero-order valence-electron chi connectivity index (χ0n) is 7.11. The van der Waals surface area contributed by atoms with E-state index >= 15 is 0 Å². The first-order valence-corrected chi connectivity index (χ1v) is 3.58. The molecule has 0 aliphatic heterocycles. The van der Waals surface area contributed by atoms with Crippen LogP contribution in [0.25, 0.3) is 0 Å². The third kappa shape index (κ3) is 3.00. The Morgan fingerprint density at radius 1 is 1.38 bits per heavy atom. The molecule has 13 heavy (non-hydrogen) atoms. The van der Waals surface area contributed by atoms with Crippen molar-refractivity contribution in [3.05, 3.63) is 24.3 Å². The number of nitrogens with two attached hydrogens (primary N) is 1. The van der Waals surface area contributed by atoms with E-state index in [0.29, 0.717) is 11.4 Å². The van der Waals surface area contributed by atoms with Gasteiger partial charge in [0.2, 0.25) is 0 Å². The van der Waals surface area contributed by atoms with E-state index in [0.717, 1.165) is 0 Å². The molecule has 3 N–H and O–H groups in total. The maximum Gasteiger partial charge on any atom is 0.436 e. The van der Waals surface area contributed by atoms with Gasteiger partial charge in [-0.15, -0.1) is 0 Å². The van der Waals surface area contributed by atoms with Crippen LogP contribution in [-0.2, 0) is 4.84 Å². The van der Waals surface area contributed by atoms with Crippen LogP contribution >= 0.6 is 0 Å². The second-order valence-corrected chi connectivity index (χ2v) is 2.26. The number of rotatable bonds is 2. The summed E-state index contributed by atoms with van der Waals surface area (Å²) in [7, 11) is 1.32. The van der Waals surface area contributed by atoms with Crippen LogP contribution in [0.5, 0.6) is 5.75 Å². The van der Waals surface area contributed by atoms with Gasteiger partial charge < -0.3 is 10.5 Å². The smallest absolute Gasteiger partial charge is 0.409 e. The van der Waals surface area contributed by atoms with Gasteiger partial charge in [0.05, 0.1) is 7.11 Å². The van der Waals surface area contributed by atoms with Crippen molar-refractivity contribution < 1.29 is 14.4 Å². The molecule has 0 radical (unpaired) electrons. The number of anilines is 1. The first kappa shape index (κ1) is 9.34. The molecule has 0 atom stereocenters. The van der Waals surface area contributed by atoms with Crippen molar-refractivity contribution in [3.8, 4) is 5.75 Å². The molecular weight excluding hydrogens is 172 g/mol. The fourth-order valence-corrected chi connectivity index (χ4v) is 0.747. The van der Waals surface area contributed by atoms with E-state index in [1.54, 1.807) is 24.3 Å². The average molecular weight is 182 g/mol. The van der Waals surface area contributed by atoms with E-state index < -0.39 is 6.09 Å². The van der Waals surface area contributed by atoms with Crippen LogP contribution in [0.3, 0.4) is 0 Å². The summed E-state index contributed by atoms with van der Waals surface area (Å²) < 4.78 is 4.78. The van der Waals surface area contributed by atoms with Gasteiger partial charge in [0.25, 0.3) is 0 Å². The summed E-state index contributed by atoms with van der Waals surface area (Å²) in [6.45, 7) is 0. The van der Waals surface area contributed by atoms with Gasteiger partial charge in [-0.05, 0) is 24.3 Å². The van der Waals surface area contributed by atoms with E-state index in [4.69, 9.17) is 10.5 Å². The summed E-state index contributed by atoms with van der Waals surface area (Å²) >= 11 is 0. The second kappa shape index (κ2) is 4.32. The Morgan fingerprint density at radius 2 is 2.00 bits per heavy atom. The fraction of sp³-hybridized carbons (Fsp3) is 0.125. The second-order valence-electron chi connectivity index (χ2n) is 2.26. The third-order valence-corrected chi connectivity index (χ3v) is 1.28. The van der Waals surface area contributed by atoms with Gasteiger partial charge in [-0.1, -0.05) is 0 Å². The molecule has 5 nitrogen and oxygen atoms in total. The van der Waals surface area contributed by atoms with Crippen LogP contribution in [0, 0.1) is 0 Å². The van der Waals surface area contributed by atoms with Gasteiger partial charge in [0.15, 0.2) is 0 Å². The van der Waals surface area contributed by atoms with E-state index in [9.17, 15) is 4.79 Å². The lowest BCUT2D eigenvalue weighted by Gasteiger charge is -2.03. The molecule has 0 aliphatic rings. The highest BCUT2D eigenvalue weighted by molar-refractivity contribution is 5.69. The molecule has 0 saturated carbocycles. The molecule has 1 rings (SSSR count). The highest BCUT2D eigenvalue weighted by Gasteiger charge is 2.01. The Hall–Kier alpha value is -1.75. The molecule has 1 aromatic rings. The lowest BCUT2D eigenvalue weighted by molar-refractivity contribution is 0.0846. The predicted octanol–water partition coefficient (Wildman–Crippen LogP) is 0.919. The monoisotopic (exact) mass is 182 g/mol. The molecule has 1 aromatic carbocycles. The van der Waals surface area contributed by atoms with Crippen molar-refractivity contribution in [1.29, 1.82) is 0 Å². The predicted molar refractivity (Wildman–Crippen MR) is 47.0 cm³/mol. The number of nitrogen functional groups attached to an aromatic ring is 1. The Labute approximate surface area is 75.4 Å². The molecule has 0 bridgehead atoms. The van der Waals surface area contributed by atoms with Crippen molar-refractivity contribution in [2.45, 2.75) is 0 Å². The molecule has 0 heterocycles. The van der Waals surface area contributed by atoms with Crippen molar-refractivity contribution >= 4 is 11.8 Å². The van der Waals surface area contributed by atoms with Gasteiger partial charge in [-0.25, -0.2) is 4.79 Å². The highest BCUT2D eigenvalue weighted by Crippen LogP contribution is 2.12.